The summed E-state index contributed by atoms with van der Waals surface area (Å²) in [7, 11) is 1.59. The van der Waals surface area contributed by atoms with E-state index in [0.717, 1.165) is 38.2 Å². The number of ether oxygens (including phenoxy) is 1. The van der Waals surface area contributed by atoms with Crippen molar-refractivity contribution in [3.8, 4) is 5.88 Å². The third kappa shape index (κ3) is 4.14. The predicted octanol–water partition coefficient (Wildman–Crippen LogP) is 1.47. The Morgan fingerprint density at radius 3 is 2.84 bits per heavy atom. The van der Waals surface area contributed by atoms with Gasteiger partial charge in [-0.2, -0.15) is 5.10 Å². The molecule has 2 heterocycles. The highest BCUT2D eigenvalue weighted by atomic mass is 16.5. The van der Waals surface area contributed by atoms with Crippen LogP contribution in [0.5, 0.6) is 5.88 Å². The fourth-order valence-corrected chi connectivity index (χ4v) is 2.73. The van der Waals surface area contributed by atoms with Gasteiger partial charge in [0.2, 0.25) is 5.88 Å². The maximum atomic E-state index is 9.91. The van der Waals surface area contributed by atoms with Crippen LogP contribution in [0.25, 0.3) is 0 Å². The highest BCUT2D eigenvalue weighted by Crippen LogP contribution is 2.28. The molecule has 1 atom stereocenters. The van der Waals surface area contributed by atoms with Crippen molar-refractivity contribution in [3.63, 3.8) is 0 Å². The predicted molar refractivity (Wildman–Crippen MR) is 72.9 cm³/mol. The molecule has 106 valence electrons. The van der Waals surface area contributed by atoms with E-state index in [1.165, 1.54) is 0 Å². The summed E-state index contributed by atoms with van der Waals surface area (Å²) in [6, 6.07) is 3.78. The molecule has 0 bridgehead atoms. The van der Waals surface area contributed by atoms with Crippen molar-refractivity contribution in [2.75, 3.05) is 20.2 Å². The van der Waals surface area contributed by atoms with E-state index in [9.17, 15) is 5.11 Å². The second-order valence-corrected chi connectivity index (χ2v) is 6.09. The molecular weight excluding hydrogens is 242 g/mol. The van der Waals surface area contributed by atoms with Crippen LogP contribution in [0.1, 0.15) is 32.4 Å². The zero-order valence-electron chi connectivity index (χ0n) is 12.0. The average Bonchev–Trinajstić information content (AvgIpc) is 2.48. The molecule has 2 rings (SSSR count). The van der Waals surface area contributed by atoms with Crippen molar-refractivity contribution in [3.05, 3.63) is 17.8 Å². The lowest BCUT2D eigenvalue weighted by atomic mass is 9.87. The number of aromatic nitrogens is 2. The Labute approximate surface area is 114 Å². The molecule has 5 heteroatoms. The Balaban J connectivity index is 2.00. The lowest BCUT2D eigenvalue weighted by Gasteiger charge is -2.29. The number of likely N-dealkylation sites (tertiary alicyclic amines) is 1. The van der Waals surface area contributed by atoms with Crippen LogP contribution in [0.3, 0.4) is 0 Å². The van der Waals surface area contributed by atoms with Crippen LogP contribution >= 0.6 is 0 Å². The first-order valence-electron chi connectivity index (χ1n) is 6.75. The maximum Gasteiger partial charge on any atom is 0.233 e. The maximum absolute atomic E-state index is 9.91. The zero-order valence-corrected chi connectivity index (χ0v) is 12.0. The summed E-state index contributed by atoms with van der Waals surface area (Å²) in [5.74, 6) is 0.537. The largest absolute Gasteiger partial charge is 0.480 e. The van der Waals surface area contributed by atoms with Gasteiger partial charge in [-0.1, -0.05) is 13.8 Å². The quantitative estimate of drug-likeness (QED) is 0.897. The molecule has 1 saturated heterocycles. The zero-order chi connectivity index (χ0) is 13.9. The Kier molecular flexibility index (Phi) is 4.37. The van der Waals surface area contributed by atoms with Gasteiger partial charge < -0.3 is 9.84 Å². The van der Waals surface area contributed by atoms with E-state index in [-0.39, 0.29) is 11.5 Å². The van der Waals surface area contributed by atoms with Gasteiger partial charge in [-0.25, -0.2) is 0 Å². The van der Waals surface area contributed by atoms with Crippen LogP contribution in [-0.4, -0.2) is 46.5 Å². The van der Waals surface area contributed by atoms with Gasteiger partial charge in [0.1, 0.15) is 0 Å². The summed E-state index contributed by atoms with van der Waals surface area (Å²) in [6.07, 6.45) is 1.49. The summed E-state index contributed by atoms with van der Waals surface area (Å²) < 4.78 is 5.01. The van der Waals surface area contributed by atoms with Crippen LogP contribution in [-0.2, 0) is 6.54 Å². The van der Waals surface area contributed by atoms with E-state index < -0.39 is 0 Å². The first-order chi connectivity index (χ1) is 8.98. The van der Waals surface area contributed by atoms with Crippen molar-refractivity contribution in [2.24, 2.45) is 5.41 Å². The Morgan fingerprint density at radius 1 is 1.42 bits per heavy atom. The standard InChI is InChI=1S/C14H23N3O2/c1-14(2)8-12(18)6-7-17(10-14)9-11-4-5-13(19-3)16-15-11/h4-5,12,18H,6-10H2,1-3H3. The minimum Gasteiger partial charge on any atom is -0.480 e. The van der Waals surface area contributed by atoms with Crippen LogP contribution in [0, 0.1) is 5.41 Å². The molecular formula is C14H23N3O2. The summed E-state index contributed by atoms with van der Waals surface area (Å²) in [6.45, 7) is 7.05. The van der Waals surface area contributed by atoms with Gasteiger partial charge in [0.25, 0.3) is 0 Å². The average molecular weight is 265 g/mol. The second kappa shape index (κ2) is 5.84. The van der Waals surface area contributed by atoms with Crippen LogP contribution in [0.2, 0.25) is 0 Å². The molecule has 19 heavy (non-hydrogen) atoms. The Morgan fingerprint density at radius 2 is 2.21 bits per heavy atom. The molecule has 1 N–H and O–H groups in total. The molecule has 1 aromatic rings. The van der Waals surface area contributed by atoms with Gasteiger partial charge in [-0.3, -0.25) is 4.90 Å². The topological polar surface area (TPSA) is 58.5 Å². The van der Waals surface area contributed by atoms with Crippen molar-refractivity contribution in [1.82, 2.24) is 15.1 Å². The van der Waals surface area contributed by atoms with E-state index in [0.29, 0.717) is 5.88 Å². The van der Waals surface area contributed by atoms with Crippen molar-refractivity contribution in [1.29, 1.82) is 0 Å². The normalized spacial score (nSPS) is 23.9. The molecule has 1 aliphatic rings. The summed E-state index contributed by atoms with van der Waals surface area (Å²) in [4.78, 5) is 2.34. The minimum absolute atomic E-state index is 0.135. The van der Waals surface area contributed by atoms with Gasteiger partial charge in [-0.05, 0) is 24.3 Å². The minimum atomic E-state index is -0.193. The van der Waals surface area contributed by atoms with Gasteiger partial charge in [0.05, 0.1) is 18.9 Å². The number of nitrogens with zero attached hydrogens (tertiary/aromatic N) is 3. The smallest absolute Gasteiger partial charge is 0.233 e. The number of aliphatic hydroxyl groups excluding tert-OH is 1. The van der Waals surface area contributed by atoms with E-state index >= 15 is 0 Å². The van der Waals surface area contributed by atoms with E-state index in [1.54, 1.807) is 7.11 Å². The summed E-state index contributed by atoms with van der Waals surface area (Å²) in [5, 5.41) is 18.1. The Hall–Kier alpha value is -1.20. The Bertz CT molecular complexity index is 406. The van der Waals surface area contributed by atoms with Gasteiger partial charge in [0, 0.05) is 25.7 Å². The molecule has 1 fully saturated rings. The number of hydrogen-bond acceptors (Lipinski definition) is 5. The molecule has 1 aromatic heterocycles. The van der Waals surface area contributed by atoms with Crippen molar-refractivity contribution >= 4 is 0 Å². The van der Waals surface area contributed by atoms with Crippen molar-refractivity contribution < 1.29 is 9.84 Å². The van der Waals surface area contributed by atoms with Crippen LogP contribution in [0.15, 0.2) is 12.1 Å². The molecule has 0 aliphatic carbocycles. The second-order valence-electron chi connectivity index (χ2n) is 6.09. The van der Waals surface area contributed by atoms with E-state index in [2.05, 4.69) is 28.9 Å². The number of rotatable bonds is 3. The third-order valence-electron chi connectivity index (χ3n) is 3.51. The SMILES string of the molecule is COc1ccc(CN2CCC(O)CC(C)(C)C2)nn1. The molecule has 0 radical (unpaired) electrons. The van der Waals surface area contributed by atoms with Crippen molar-refractivity contribution in [2.45, 2.75) is 39.3 Å². The molecule has 0 saturated carbocycles. The number of hydrogen-bond donors (Lipinski definition) is 1. The van der Waals surface area contributed by atoms with Gasteiger partial charge >= 0.3 is 0 Å². The highest BCUT2D eigenvalue weighted by molar-refractivity contribution is 5.11. The number of aliphatic hydroxyl groups is 1. The van der Waals surface area contributed by atoms with Crippen LogP contribution < -0.4 is 4.74 Å². The fourth-order valence-electron chi connectivity index (χ4n) is 2.73. The first-order valence-corrected chi connectivity index (χ1v) is 6.75. The van der Waals surface area contributed by atoms with E-state index in [1.807, 2.05) is 12.1 Å². The van der Waals surface area contributed by atoms with Gasteiger partial charge in [-0.15, -0.1) is 5.10 Å². The molecule has 0 spiro atoms. The third-order valence-corrected chi connectivity index (χ3v) is 3.51. The lowest BCUT2D eigenvalue weighted by Crippen LogP contribution is -2.32. The summed E-state index contributed by atoms with van der Waals surface area (Å²) in [5.41, 5.74) is 1.07. The molecule has 0 amide bonds. The monoisotopic (exact) mass is 265 g/mol. The summed E-state index contributed by atoms with van der Waals surface area (Å²) >= 11 is 0. The van der Waals surface area contributed by atoms with Crippen LogP contribution in [0.4, 0.5) is 0 Å². The molecule has 0 aromatic carbocycles. The highest BCUT2D eigenvalue weighted by Gasteiger charge is 2.29. The van der Waals surface area contributed by atoms with Gasteiger partial charge in [0.15, 0.2) is 0 Å². The lowest BCUT2D eigenvalue weighted by molar-refractivity contribution is 0.121. The fraction of sp³-hybridized carbons (Fsp3) is 0.714. The van der Waals surface area contributed by atoms with E-state index in [4.69, 9.17) is 4.74 Å². The first kappa shape index (κ1) is 14.2. The molecule has 5 nitrogen and oxygen atoms in total. The molecule has 1 aliphatic heterocycles. The number of methoxy groups -OCH3 is 1. The molecule has 1 unspecified atom stereocenters.